The van der Waals surface area contributed by atoms with E-state index in [2.05, 4.69) is 320 Å². The minimum Gasteiger partial charge on any atom is -0.361 e. The van der Waals surface area contributed by atoms with Gasteiger partial charge in [0.15, 0.2) is 0 Å². The van der Waals surface area contributed by atoms with E-state index in [1.807, 2.05) is 11.8 Å². The second-order valence-electron chi connectivity index (χ2n) is 31.4. The molecule has 1 heterocycles. The number of hydrogen-bond acceptors (Lipinski definition) is 2. The Kier molecular flexibility index (Phi) is 44.7. The van der Waals surface area contributed by atoms with E-state index in [4.69, 9.17) is 0 Å². The van der Waals surface area contributed by atoms with Gasteiger partial charge in [0.1, 0.15) is 0 Å². The second kappa shape index (κ2) is 39.1. The number of thiol groups is 1. The van der Waals surface area contributed by atoms with Gasteiger partial charge in [0.05, 0.1) is 0 Å². The van der Waals surface area contributed by atoms with Crippen LogP contribution in [0.1, 0.15) is 266 Å². The summed E-state index contributed by atoms with van der Waals surface area (Å²) in [6.45, 7) is 76.3. The van der Waals surface area contributed by atoms with Gasteiger partial charge in [0.2, 0.25) is 0 Å². The molecule has 0 aliphatic carbocycles. The van der Waals surface area contributed by atoms with Crippen LogP contribution in [0.2, 0.25) is 0 Å². The Morgan fingerprint density at radius 3 is 1.10 bits per heavy atom. The van der Waals surface area contributed by atoms with Gasteiger partial charge in [0.25, 0.3) is 0 Å². The molecule has 1 nitrogen and oxygen atoms in total. The van der Waals surface area contributed by atoms with Crippen LogP contribution in [0.4, 0.5) is 0 Å². The smallest absolute Gasteiger partial charge is 0.0456 e. The standard InChI is InChI=1S/C13H17N.C11H16.2C8H18.C7H16S.C7H16.C5H12S.C5H12.C4H10/c1-13(2,3)8-10-9-14-12-7-5-4-6-11(10)12;1-11(2,3)9-10-7-5-4-6-8-10;1-7(2)6-8(3,4)5;1-6-7(2)8(3,4)5;1-7(2,3)5-6-8-4;1-6(2)7(3,4)5;1-5(2,3)4-6;1-5(2,3)4;1-4(2)3/h4-7,9,14H,8H2,1-3H3;4-8H,9H2,1-3H3;2*7H,6H2,1-5H3;5-6H2,1-4H3;6H,1-5H3;6H,4H2,1-3H3;1-4H3;4H,1-3H3. The minimum absolute atomic E-state index is 0.352. The molecule has 424 valence electrons. The molecule has 3 heteroatoms. The molecule has 0 aliphatic rings. The van der Waals surface area contributed by atoms with Crippen molar-refractivity contribution in [1.29, 1.82) is 0 Å². The van der Waals surface area contributed by atoms with Gasteiger partial charge in [-0.25, -0.2) is 0 Å². The number of aromatic amines is 1. The minimum atomic E-state index is 0.352. The van der Waals surface area contributed by atoms with Gasteiger partial charge in [-0.3, -0.25) is 0 Å². The van der Waals surface area contributed by atoms with Crippen LogP contribution in [0.25, 0.3) is 10.9 Å². The molecular formula is C68H135NS2. The maximum atomic E-state index is 4.10. The van der Waals surface area contributed by atoms with Crippen LogP contribution in [0.15, 0.2) is 60.8 Å². The monoisotopic (exact) mass is 1030 g/mol. The van der Waals surface area contributed by atoms with E-state index in [-0.39, 0.29) is 0 Å². The molecule has 0 amide bonds. The molecule has 1 aromatic heterocycles. The molecule has 2 aromatic carbocycles. The predicted molar refractivity (Wildman–Crippen MR) is 345 cm³/mol. The van der Waals surface area contributed by atoms with Crippen LogP contribution in [0.3, 0.4) is 0 Å². The summed E-state index contributed by atoms with van der Waals surface area (Å²) in [6.07, 6.45) is 10.5. The molecular weight excluding hydrogens is 895 g/mol. The lowest BCUT2D eigenvalue weighted by Gasteiger charge is -2.25. The van der Waals surface area contributed by atoms with Crippen molar-refractivity contribution in [1.82, 2.24) is 4.98 Å². The molecule has 0 saturated heterocycles. The van der Waals surface area contributed by atoms with Crippen molar-refractivity contribution in [2.75, 3.05) is 17.8 Å². The van der Waals surface area contributed by atoms with Gasteiger partial charge < -0.3 is 4.98 Å². The molecule has 1 atom stereocenters. The summed E-state index contributed by atoms with van der Waals surface area (Å²) in [5.41, 5.74) is 7.82. The molecule has 3 aromatic rings. The summed E-state index contributed by atoms with van der Waals surface area (Å²) >= 11 is 6.03. The third-order valence-corrected chi connectivity index (χ3v) is 11.9. The summed E-state index contributed by atoms with van der Waals surface area (Å²) in [5.74, 6) is 5.58. The quantitative estimate of drug-likeness (QED) is 0.235. The van der Waals surface area contributed by atoms with Crippen LogP contribution >= 0.6 is 24.4 Å². The molecule has 71 heavy (non-hydrogen) atoms. The van der Waals surface area contributed by atoms with Crippen molar-refractivity contribution >= 4 is 35.3 Å². The second-order valence-corrected chi connectivity index (χ2v) is 32.7. The topological polar surface area (TPSA) is 15.8 Å². The summed E-state index contributed by atoms with van der Waals surface area (Å²) in [6, 6.07) is 19.1. The van der Waals surface area contributed by atoms with Crippen molar-refractivity contribution in [3.8, 4) is 0 Å². The Labute approximate surface area is 461 Å². The number of H-pyrrole nitrogens is 1. The third kappa shape index (κ3) is 75.3. The Balaban J connectivity index is -0.000000172. The van der Waals surface area contributed by atoms with Crippen molar-refractivity contribution in [2.24, 2.45) is 67.0 Å². The van der Waals surface area contributed by atoms with Gasteiger partial charge in [0, 0.05) is 17.1 Å². The Morgan fingerprint density at radius 1 is 0.507 bits per heavy atom. The lowest BCUT2D eigenvalue weighted by molar-refractivity contribution is 0.254. The highest BCUT2D eigenvalue weighted by Crippen LogP contribution is 2.28. The fraction of sp³-hybridized carbons (Fsp3) is 0.794. The van der Waals surface area contributed by atoms with Crippen molar-refractivity contribution in [3.63, 3.8) is 0 Å². The molecule has 0 spiro atoms. The Bertz CT molecular complexity index is 1570. The SMILES string of the molecule is CC(C)(C)C.CC(C)(C)CS.CC(C)(C)Cc1c[nH]c2ccccc12.CC(C)(C)Cc1ccccc1.CC(C)C.CC(C)C(C)(C)C.CC(C)CC(C)(C)C.CCC(C)C(C)(C)C.CSCCC(C)(C)C. The zero-order chi connectivity index (χ0) is 58.1. The van der Waals surface area contributed by atoms with Crippen LogP contribution < -0.4 is 0 Å². The lowest BCUT2D eigenvalue weighted by atomic mass is 9.81. The number of aromatic nitrogens is 1. The average Bonchev–Trinajstić information content (AvgIpc) is 3.53. The normalized spacial score (nSPS) is 12.4. The highest BCUT2D eigenvalue weighted by molar-refractivity contribution is 7.98. The maximum Gasteiger partial charge on any atom is 0.0456 e. The van der Waals surface area contributed by atoms with Crippen molar-refractivity contribution in [3.05, 3.63) is 71.9 Å². The first-order valence-corrected chi connectivity index (χ1v) is 30.0. The van der Waals surface area contributed by atoms with Crippen LogP contribution in [-0.4, -0.2) is 22.7 Å². The van der Waals surface area contributed by atoms with E-state index in [1.165, 1.54) is 47.0 Å². The van der Waals surface area contributed by atoms with E-state index in [0.29, 0.717) is 43.3 Å². The zero-order valence-corrected chi connectivity index (χ0v) is 57.1. The summed E-state index contributed by atoms with van der Waals surface area (Å²) in [5, 5.41) is 1.36. The van der Waals surface area contributed by atoms with Gasteiger partial charge >= 0.3 is 0 Å². The zero-order valence-electron chi connectivity index (χ0n) is 55.4. The molecule has 1 unspecified atom stereocenters. The molecule has 0 aliphatic heterocycles. The van der Waals surface area contributed by atoms with Gasteiger partial charge in [-0.05, 0) is 128 Å². The van der Waals surface area contributed by atoms with Crippen LogP contribution in [0.5, 0.6) is 0 Å². The predicted octanol–water partition coefficient (Wildman–Crippen LogP) is 24.3. The van der Waals surface area contributed by atoms with E-state index in [1.54, 1.807) is 0 Å². The molecule has 0 radical (unpaired) electrons. The first-order chi connectivity index (χ1) is 31.3. The van der Waals surface area contributed by atoms with E-state index in [9.17, 15) is 0 Å². The van der Waals surface area contributed by atoms with Crippen molar-refractivity contribution < 1.29 is 0 Å². The van der Waals surface area contributed by atoms with E-state index in [0.717, 1.165) is 42.3 Å². The first-order valence-electron chi connectivity index (χ1n) is 28.0. The number of nitrogens with one attached hydrogen (secondary N) is 1. The fourth-order valence-electron chi connectivity index (χ4n) is 5.30. The molecule has 0 fully saturated rings. The molecule has 0 bridgehead atoms. The van der Waals surface area contributed by atoms with Gasteiger partial charge in [-0.2, -0.15) is 24.4 Å². The highest BCUT2D eigenvalue weighted by atomic mass is 32.2. The lowest BCUT2D eigenvalue weighted by Crippen LogP contribution is -2.15. The number of thioether (sulfide) groups is 1. The number of benzene rings is 2. The highest BCUT2D eigenvalue weighted by Gasteiger charge is 2.18. The number of rotatable bonds is 6. The average molecular weight is 1030 g/mol. The van der Waals surface area contributed by atoms with E-state index < -0.39 is 0 Å². The summed E-state index contributed by atoms with van der Waals surface area (Å²) < 4.78 is 0. The van der Waals surface area contributed by atoms with Crippen molar-refractivity contribution in [2.45, 2.75) is 268 Å². The summed E-state index contributed by atoms with van der Waals surface area (Å²) in [7, 11) is 0. The summed E-state index contributed by atoms with van der Waals surface area (Å²) in [4.78, 5) is 3.31. The van der Waals surface area contributed by atoms with Gasteiger partial charge in [-0.15, -0.1) is 0 Å². The van der Waals surface area contributed by atoms with Crippen LogP contribution in [0, 0.1) is 67.0 Å². The van der Waals surface area contributed by atoms with Crippen LogP contribution in [-0.2, 0) is 12.8 Å². The fourth-order valence-corrected chi connectivity index (χ4v) is 6.12. The Hall–Kier alpha value is -1.32. The largest absolute Gasteiger partial charge is 0.361 e. The number of para-hydroxylation sites is 1. The Morgan fingerprint density at radius 2 is 0.873 bits per heavy atom. The molecule has 1 N–H and O–H groups in total. The number of hydrogen-bond donors (Lipinski definition) is 2. The third-order valence-electron chi connectivity index (χ3n) is 10.3. The van der Waals surface area contributed by atoms with E-state index >= 15 is 0 Å². The maximum absolute atomic E-state index is 4.10. The number of fused-ring (bicyclic) bond motifs is 1. The molecule has 0 saturated carbocycles. The first kappa shape index (κ1) is 81.1. The molecule has 3 rings (SSSR count). The van der Waals surface area contributed by atoms with Gasteiger partial charge in [-0.1, -0.05) is 290 Å².